The first-order valence-corrected chi connectivity index (χ1v) is 7.70. The molecular weight excluding hydrogens is 252 g/mol. The summed E-state index contributed by atoms with van der Waals surface area (Å²) in [5, 5.41) is 0. The van der Waals surface area contributed by atoms with Crippen LogP contribution in [0.2, 0.25) is 0 Å². The van der Waals surface area contributed by atoms with Crippen LogP contribution in [0, 0.1) is 0 Å². The zero-order valence-electron chi connectivity index (χ0n) is 11.4. The monoisotopic (exact) mass is 272 g/mol. The number of thioether (sulfide) groups is 1. The Labute approximate surface area is 119 Å². The van der Waals surface area contributed by atoms with Gasteiger partial charge in [-0.15, -0.1) is 11.8 Å². The van der Waals surface area contributed by atoms with Crippen LogP contribution >= 0.6 is 11.8 Å². The van der Waals surface area contributed by atoms with E-state index in [1.807, 2.05) is 0 Å². The Morgan fingerprint density at radius 2 is 1.53 bits per heavy atom. The van der Waals surface area contributed by atoms with Gasteiger partial charge in [-0.05, 0) is 41.5 Å². The van der Waals surface area contributed by atoms with Gasteiger partial charge in [-0.2, -0.15) is 0 Å². The van der Waals surface area contributed by atoms with E-state index in [0.29, 0.717) is 0 Å². The summed E-state index contributed by atoms with van der Waals surface area (Å²) in [4.78, 5) is 1.26. The van der Waals surface area contributed by atoms with Gasteiger partial charge < -0.3 is 0 Å². The van der Waals surface area contributed by atoms with Crippen molar-refractivity contribution in [3.63, 3.8) is 0 Å². The first-order valence-electron chi connectivity index (χ1n) is 6.47. The third-order valence-electron chi connectivity index (χ3n) is 3.34. The second-order valence-electron chi connectivity index (χ2n) is 4.47. The van der Waals surface area contributed by atoms with E-state index in [-0.39, 0.29) is 6.04 Å². The number of rotatable bonds is 5. The van der Waals surface area contributed by atoms with Crippen LogP contribution in [-0.4, -0.2) is 6.26 Å². The molecule has 0 radical (unpaired) electrons. The van der Waals surface area contributed by atoms with Crippen LogP contribution in [0.4, 0.5) is 0 Å². The summed E-state index contributed by atoms with van der Waals surface area (Å²) in [6.07, 6.45) is 3.14. The number of hydrogen-bond donors (Lipinski definition) is 2. The molecule has 0 saturated heterocycles. The number of nitrogens with two attached hydrogens (primary N) is 1. The molecule has 0 aliphatic heterocycles. The lowest BCUT2D eigenvalue weighted by Gasteiger charge is -2.17. The molecule has 0 amide bonds. The van der Waals surface area contributed by atoms with Gasteiger partial charge >= 0.3 is 0 Å². The Kier molecular flexibility index (Phi) is 5.02. The van der Waals surface area contributed by atoms with Crippen molar-refractivity contribution >= 4 is 11.8 Å². The Bertz CT molecular complexity index is 458. The highest BCUT2D eigenvalue weighted by Crippen LogP contribution is 2.24. The van der Waals surface area contributed by atoms with Gasteiger partial charge in [-0.25, -0.2) is 5.43 Å². The van der Waals surface area contributed by atoms with E-state index in [1.165, 1.54) is 21.6 Å². The van der Waals surface area contributed by atoms with Crippen molar-refractivity contribution < 1.29 is 0 Å². The minimum Gasteiger partial charge on any atom is -0.271 e. The van der Waals surface area contributed by atoms with Gasteiger partial charge in [0.15, 0.2) is 0 Å². The van der Waals surface area contributed by atoms with Crippen LogP contribution < -0.4 is 11.3 Å². The van der Waals surface area contributed by atoms with Crippen LogP contribution in [0.25, 0.3) is 0 Å². The fraction of sp³-hybridized carbons (Fsp3) is 0.250. The van der Waals surface area contributed by atoms with Crippen molar-refractivity contribution in [2.24, 2.45) is 5.84 Å². The van der Waals surface area contributed by atoms with Crippen LogP contribution in [0.3, 0.4) is 0 Å². The number of aryl methyl sites for hydroxylation is 1. The first kappa shape index (κ1) is 14.1. The molecule has 0 spiro atoms. The SMILES string of the molecule is CCc1ccc(C(NN)c2ccc(SC)cc2)cc1. The summed E-state index contributed by atoms with van der Waals surface area (Å²) >= 11 is 1.75. The zero-order valence-corrected chi connectivity index (χ0v) is 12.2. The van der Waals surface area contributed by atoms with E-state index in [9.17, 15) is 0 Å². The van der Waals surface area contributed by atoms with Crippen LogP contribution in [0.1, 0.15) is 29.7 Å². The van der Waals surface area contributed by atoms with Crippen molar-refractivity contribution in [3.8, 4) is 0 Å². The number of nitrogens with one attached hydrogen (secondary N) is 1. The third-order valence-corrected chi connectivity index (χ3v) is 4.08. The molecule has 2 aromatic rings. The Morgan fingerprint density at radius 1 is 1.00 bits per heavy atom. The minimum absolute atomic E-state index is 0.0433. The van der Waals surface area contributed by atoms with Crippen LogP contribution in [0.5, 0.6) is 0 Å². The van der Waals surface area contributed by atoms with Gasteiger partial charge in [-0.1, -0.05) is 43.3 Å². The molecular formula is C16H20N2S. The summed E-state index contributed by atoms with van der Waals surface area (Å²) in [6, 6.07) is 17.2. The highest BCUT2D eigenvalue weighted by molar-refractivity contribution is 7.98. The fourth-order valence-corrected chi connectivity index (χ4v) is 2.54. The average Bonchev–Trinajstić information content (AvgIpc) is 2.49. The van der Waals surface area contributed by atoms with Gasteiger partial charge in [-0.3, -0.25) is 5.84 Å². The molecule has 0 bridgehead atoms. The van der Waals surface area contributed by atoms with E-state index < -0.39 is 0 Å². The summed E-state index contributed by atoms with van der Waals surface area (Å²) in [7, 11) is 0. The molecule has 0 aliphatic carbocycles. The first-order chi connectivity index (χ1) is 9.28. The molecule has 3 heteroatoms. The molecule has 100 valence electrons. The molecule has 0 aliphatic rings. The van der Waals surface area contributed by atoms with Crippen molar-refractivity contribution in [1.29, 1.82) is 0 Å². The van der Waals surface area contributed by atoms with Gasteiger partial charge in [0.1, 0.15) is 0 Å². The maximum absolute atomic E-state index is 5.72. The van der Waals surface area contributed by atoms with E-state index in [1.54, 1.807) is 11.8 Å². The second-order valence-corrected chi connectivity index (χ2v) is 5.35. The van der Waals surface area contributed by atoms with Gasteiger partial charge in [0.25, 0.3) is 0 Å². The van der Waals surface area contributed by atoms with E-state index >= 15 is 0 Å². The molecule has 2 rings (SSSR count). The topological polar surface area (TPSA) is 38.0 Å². The van der Waals surface area contributed by atoms with Gasteiger partial charge in [0.05, 0.1) is 6.04 Å². The van der Waals surface area contributed by atoms with Crippen LogP contribution in [-0.2, 0) is 6.42 Å². The molecule has 0 heterocycles. The standard InChI is InChI=1S/C16H20N2S/c1-3-12-4-6-13(7-5-12)16(18-17)14-8-10-15(19-2)11-9-14/h4-11,16,18H,3,17H2,1-2H3. The summed E-state index contributed by atoms with van der Waals surface area (Å²) < 4.78 is 0. The highest BCUT2D eigenvalue weighted by Gasteiger charge is 2.11. The summed E-state index contributed by atoms with van der Waals surface area (Å²) in [5.41, 5.74) is 6.62. The average molecular weight is 272 g/mol. The van der Waals surface area contributed by atoms with Gasteiger partial charge in [0.2, 0.25) is 0 Å². The second kappa shape index (κ2) is 6.75. The number of hydrazine groups is 1. The molecule has 1 atom stereocenters. The molecule has 2 aromatic carbocycles. The molecule has 0 aromatic heterocycles. The minimum atomic E-state index is 0.0433. The molecule has 0 saturated carbocycles. The quantitative estimate of drug-likeness (QED) is 0.497. The predicted molar refractivity (Wildman–Crippen MR) is 83.2 cm³/mol. The van der Waals surface area contributed by atoms with Gasteiger partial charge in [0, 0.05) is 4.90 Å². The summed E-state index contributed by atoms with van der Waals surface area (Å²) in [5.74, 6) is 5.72. The largest absolute Gasteiger partial charge is 0.271 e. The normalized spacial score (nSPS) is 12.4. The lowest BCUT2D eigenvalue weighted by atomic mass is 9.98. The maximum Gasteiger partial charge on any atom is 0.0710 e. The van der Waals surface area contributed by atoms with Crippen molar-refractivity contribution in [1.82, 2.24) is 5.43 Å². The molecule has 19 heavy (non-hydrogen) atoms. The van der Waals surface area contributed by atoms with Crippen molar-refractivity contribution in [2.45, 2.75) is 24.3 Å². The zero-order chi connectivity index (χ0) is 13.7. The Morgan fingerprint density at radius 3 is 1.95 bits per heavy atom. The van der Waals surface area contributed by atoms with Crippen molar-refractivity contribution in [3.05, 3.63) is 65.2 Å². The van der Waals surface area contributed by atoms with E-state index in [0.717, 1.165) is 6.42 Å². The third kappa shape index (κ3) is 3.38. The fourth-order valence-electron chi connectivity index (χ4n) is 2.13. The predicted octanol–water partition coefficient (Wildman–Crippen LogP) is 3.52. The lowest BCUT2D eigenvalue weighted by Crippen LogP contribution is -2.28. The molecule has 2 nitrogen and oxygen atoms in total. The number of hydrogen-bond acceptors (Lipinski definition) is 3. The number of benzene rings is 2. The molecule has 1 unspecified atom stereocenters. The lowest BCUT2D eigenvalue weighted by molar-refractivity contribution is 0.636. The van der Waals surface area contributed by atoms with Crippen LogP contribution in [0.15, 0.2) is 53.4 Å². The van der Waals surface area contributed by atoms with E-state index in [4.69, 9.17) is 5.84 Å². The highest BCUT2D eigenvalue weighted by atomic mass is 32.2. The Hall–Kier alpha value is -1.29. The summed E-state index contributed by atoms with van der Waals surface area (Å²) in [6.45, 7) is 2.16. The molecule has 0 fully saturated rings. The smallest absolute Gasteiger partial charge is 0.0710 e. The molecule has 3 N–H and O–H groups in total. The van der Waals surface area contributed by atoms with Crippen molar-refractivity contribution in [2.75, 3.05) is 6.26 Å². The van der Waals surface area contributed by atoms with E-state index in [2.05, 4.69) is 67.1 Å². The maximum atomic E-state index is 5.72. The Balaban J connectivity index is 2.26.